The third-order valence-corrected chi connectivity index (χ3v) is 5.40. The number of nitro groups is 1. The number of amides is 1. The Balaban J connectivity index is 1.98. The predicted molar refractivity (Wildman–Crippen MR) is 121 cm³/mol. The van der Waals surface area contributed by atoms with Gasteiger partial charge in [0.05, 0.1) is 17.2 Å². The van der Waals surface area contributed by atoms with E-state index in [1.807, 2.05) is 60.7 Å². The maximum atomic E-state index is 12.7. The molecule has 3 aromatic rings. The summed E-state index contributed by atoms with van der Waals surface area (Å²) in [4.78, 5) is 23.7. The normalized spacial score (nSPS) is 15.9. The van der Waals surface area contributed by atoms with Crippen LogP contribution < -0.4 is 10.1 Å². The van der Waals surface area contributed by atoms with Crippen LogP contribution in [-0.2, 0) is 4.79 Å². The van der Waals surface area contributed by atoms with Gasteiger partial charge in [0, 0.05) is 18.4 Å². The lowest BCUT2D eigenvalue weighted by Gasteiger charge is -2.30. The first-order chi connectivity index (χ1) is 15.5. The fourth-order valence-electron chi connectivity index (χ4n) is 4.02. The molecule has 1 unspecified atom stereocenters. The molecule has 3 aromatic carbocycles. The quantitative estimate of drug-likeness (QED) is 0.429. The van der Waals surface area contributed by atoms with E-state index in [0.29, 0.717) is 11.3 Å². The van der Waals surface area contributed by atoms with Crippen molar-refractivity contribution in [3.05, 3.63) is 99.6 Å². The van der Waals surface area contributed by atoms with Crippen LogP contribution in [0.25, 0.3) is 11.3 Å². The fourth-order valence-corrected chi connectivity index (χ4v) is 4.02. The number of nitrogens with one attached hydrogen (secondary N) is 1. The molecule has 7 nitrogen and oxygen atoms in total. The van der Waals surface area contributed by atoms with E-state index in [2.05, 4.69) is 5.32 Å². The molecule has 2 N–H and O–H groups in total. The molecule has 1 aliphatic heterocycles. The van der Waals surface area contributed by atoms with Crippen LogP contribution in [0.2, 0.25) is 0 Å². The van der Waals surface area contributed by atoms with Crippen molar-refractivity contribution >= 4 is 22.9 Å². The lowest BCUT2D eigenvalue weighted by Crippen LogP contribution is -2.31. The molecule has 0 spiro atoms. The van der Waals surface area contributed by atoms with Crippen molar-refractivity contribution in [2.45, 2.75) is 19.3 Å². The van der Waals surface area contributed by atoms with Crippen LogP contribution in [0, 0.1) is 10.1 Å². The molecule has 0 saturated heterocycles. The zero-order chi connectivity index (χ0) is 22.7. The van der Waals surface area contributed by atoms with Gasteiger partial charge in [0.2, 0.25) is 11.7 Å². The van der Waals surface area contributed by atoms with E-state index in [-0.39, 0.29) is 24.7 Å². The van der Waals surface area contributed by atoms with E-state index in [9.17, 15) is 20.0 Å². The second-order valence-corrected chi connectivity index (χ2v) is 7.40. The van der Waals surface area contributed by atoms with Gasteiger partial charge in [-0.05, 0) is 35.3 Å². The zero-order valence-electron chi connectivity index (χ0n) is 17.4. The molecule has 1 atom stereocenters. The van der Waals surface area contributed by atoms with Crippen LogP contribution in [0.3, 0.4) is 0 Å². The number of nitro benzene ring substituents is 1. The third kappa shape index (κ3) is 4.05. The first kappa shape index (κ1) is 21.1. The van der Waals surface area contributed by atoms with Gasteiger partial charge in [-0.15, -0.1) is 0 Å². The Morgan fingerprint density at radius 1 is 1.06 bits per heavy atom. The molecular weight excluding hydrogens is 408 g/mol. The minimum atomic E-state index is -0.645. The molecule has 0 aliphatic carbocycles. The van der Waals surface area contributed by atoms with Crippen LogP contribution in [0.1, 0.15) is 36.0 Å². The second kappa shape index (κ2) is 8.93. The number of phenolic OH excluding ortho intramolecular Hbond substituents is 1. The topological polar surface area (TPSA) is 102 Å². The molecule has 1 amide bonds. The Labute approximate surface area is 185 Å². The van der Waals surface area contributed by atoms with Gasteiger partial charge in [0.1, 0.15) is 0 Å². The van der Waals surface area contributed by atoms with E-state index in [1.54, 1.807) is 13.0 Å². The van der Waals surface area contributed by atoms with Gasteiger partial charge in [-0.2, -0.15) is 0 Å². The highest BCUT2D eigenvalue weighted by Gasteiger charge is 2.33. The number of nitrogens with zero attached hydrogens (tertiary/aromatic N) is 1. The molecule has 0 saturated carbocycles. The maximum Gasteiger partial charge on any atom is 0.314 e. The van der Waals surface area contributed by atoms with Gasteiger partial charge in [-0.25, -0.2) is 0 Å². The number of carbonyl (C=O) groups excluding carboxylic acids is 1. The number of allylic oxidation sites excluding steroid dienone is 1. The minimum Gasteiger partial charge on any atom is -0.500 e. The van der Waals surface area contributed by atoms with Crippen molar-refractivity contribution < 1.29 is 19.6 Å². The molecular formula is C25H22N2O5. The van der Waals surface area contributed by atoms with Crippen molar-refractivity contribution in [3.63, 3.8) is 0 Å². The third-order valence-electron chi connectivity index (χ3n) is 5.40. The highest BCUT2D eigenvalue weighted by Crippen LogP contribution is 2.46. The van der Waals surface area contributed by atoms with Crippen LogP contribution in [-0.4, -0.2) is 22.5 Å². The Morgan fingerprint density at radius 3 is 2.28 bits per heavy atom. The Bertz CT molecular complexity index is 1190. The lowest BCUT2D eigenvalue weighted by atomic mass is 9.79. The molecule has 0 radical (unpaired) electrons. The zero-order valence-corrected chi connectivity index (χ0v) is 17.4. The van der Waals surface area contributed by atoms with E-state index >= 15 is 0 Å². The number of aromatic hydroxyl groups is 1. The smallest absolute Gasteiger partial charge is 0.314 e. The first-order valence-electron chi connectivity index (χ1n) is 10.3. The number of phenols is 1. The molecule has 1 aliphatic rings. The van der Waals surface area contributed by atoms with Crippen molar-refractivity contribution in [1.29, 1.82) is 0 Å². The summed E-state index contributed by atoms with van der Waals surface area (Å²) in [5.74, 6) is -1.16. The van der Waals surface area contributed by atoms with Crippen molar-refractivity contribution in [2.24, 2.45) is 0 Å². The van der Waals surface area contributed by atoms with Gasteiger partial charge in [0.25, 0.3) is 0 Å². The number of benzene rings is 3. The molecule has 4 rings (SSSR count). The predicted octanol–water partition coefficient (Wildman–Crippen LogP) is 4.87. The molecule has 0 bridgehead atoms. The standard InChI is InChI=1S/C25H22N2O5/c1-2-32-21-14-18(13-20(25(21)29)27(30)31)19-15-22(28)26-24(17-11-7-4-8-12-17)23(19)16-9-5-3-6-10-16/h3-14,19,29H,2,15H2,1H3,(H,26,28). The van der Waals surface area contributed by atoms with Crippen LogP contribution >= 0.6 is 0 Å². The molecule has 1 heterocycles. The van der Waals surface area contributed by atoms with E-state index < -0.39 is 22.3 Å². The molecule has 0 fully saturated rings. The summed E-state index contributed by atoms with van der Waals surface area (Å²) < 4.78 is 5.47. The Morgan fingerprint density at radius 2 is 1.69 bits per heavy atom. The van der Waals surface area contributed by atoms with Gasteiger partial charge in [-0.3, -0.25) is 14.9 Å². The van der Waals surface area contributed by atoms with Crippen LogP contribution in [0.4, 0.5) is 5.69 Å². The summed E-state index contributed by atoms with van der Waals surface area (Å²) in [6.45, 7) is 1.96. The minimum absolute atomic E-state index is 0.0244. The number of carbonyl (C=O) groups is 1. The maximum absolute atomic E-state index is 12.7. The van der Waals surface area contributed by atoms with Gasteiger partial charge >= 0.3 is 5.69 Å². The summed E-state index contributed by atoms with van der Waals surface area (Å²) in [5, 5.41) is 24.9. The average molecular weight is 430 g/mol. The summed E-state index contributed by atoms with van der Waals surface area (Å²) in [7, 11) is 0. The molecule has 32 heavy (non-hydrogen) atoms. The monoisotopic (exact) mass is 430 g/mol. The van der Waals surface area contributed by atoms with E-state index in [4.69, 9.17) is 4.74 Å². The summed E-state index contributed by atoms with van der Waals surface area (Å²) in [6.07, 6.45) is 0.105. The number of ether oxygens (including phenoxy) is 1. The highest BCUT2D eigenvalue weighted by molar-refractivity contribution is 6.04. The first-order valence-corrected chi connectivity index (χ1v) is 10.3. The van der Waals surface area contributed by atoms with E-state index in [0.717, 1.165) is 16.7 Å². The average Bonchev–Trinajstić information content (AvgIpc) is 2.81. The fraction of sp³-hybridized carbons (Fsp3) is 0.160. The van der Waals surface area contributed by atoms with Gasteiger partial charge in [-0.1, -0.05) is 60.7 Å². The number of hydrogen-bond acceptors (Lipinski definition) is 5. The van der Waals surface area contributed by atoms with Crippen LogP contribution in [0.15, 0.2) is 72.8 Å². The summed E-state index contributed by atoms with van der Waals surface area (Å²) in [6, 6.07) is 22.0. The Kier molecular flexibility index (Phi) is 5.89. The number of rotatable bonds is 6. The summed E-state index contributed by atoms with van der Waals surface area (Å²) >= 11 is 0. The van der Waals surface area contributed by atoms with Crippen LogP contribution in [0.5, 0.6) is 11.5 Å². The lowest BCUT2D eigenvalue weighted by molar-refractivity contribution is -0.386. The van der Waals surface area contributed by atoms with Crippen molar-refractivity contribution in [1.82, 2.24) is 5.32 Å². The van der Waals surface area contributed by atoms with Crippen molar-refractivity contribution in [3.8, 4) is 11.5 Å². The van der Waals surface area contributed by atoms with Gasteiger partial charge in [0.15, 0.2) is 5.75 Å². The second-order valence-electron chi connectivity index (χ2n) is 7.40. The summed E-state index contributed by atoms with van der Waals surface area (Å²) in [5.41, 5.74) is 3.31. The molecule has 162 valence electrons. The molecule has 0 aromatic heterocycles. The SMILES string of the molecule is CCOc1cc(C2CC(=O)NC(c3ccccc3)=C2c2ccccc2)cc([N+](=O)[O-])c1O. The highest BCUT2D eigenvalue weighted by atomic mass is 16.6. The molecule has 7 heteroatoms. The van der Waals surface area contributed by atoms with Gasteiger partial charge < -0.3 is 15.2 Å². The number of hydrogen-bond donors (Lipinski definition) is 2. The van der Waals surface area contributed by atoms with Crippen molar-refractivity contribution in [2.75, 3.05) is 6.61 Å². The van der Waals surface area contributed by atoms with E-state index in [1.165, 1.54) is 6.07 Å². The Hall–Kier alpha value is -4.13. The largest absolute Gasteiger partial charge is 0.500 e.